The molecule has 0 saturated carbocycles. The number of pyridine rings is 1. The smallest absolute Gasteiger partial charge is 0.338 e. The number of carboxylic acid groups (broad SMARTS) is 1. The van der Waals surface area contributed by atoms with E-state index in [1.54, 1.807) is 0 Å². The normalized spacial score (nSPS) is 11.3. The van der Waals surface area contributed by atoms with Gasteiger partial charge in [-0.05, 0) is 42.7 Å². The van der Waals surface area contributed by atoms with E-state index >= 15 is 0 Å². The summed E-state index contributed by atoms with van der Waals surface area (Å²) in [4.78, 5) is 16.6. The zero-order chi connectivity index (χ0) is 17.9. The van der Waals surface area contributed by atoms with Crippen molar-refractivity contribution in [3.63, 3.8) is 0 Å². The van der Waals surface area contributed by atoms with Crippen LogP contribution in [0.2, 0.25) is 0 Å². The monoisotopic (exact) mass is 325 g/mol. The molecule has 1 aromatic heterocycles. The van der Waals surface area contributed by atoms with Crippen LogP contribution >= 0.6 is 0 Å². The van der Waals surface area contributed by atoms with Gasteiger partial charge in [0.25, 0.3) is 0 Å². The molecule has 1 aromatic carbocycles. The van der Waals surface area contributed by atoms with Crippen molar-refractivity contribution < 1.29 is 9.90 Å². The molecule has 3 heteroatoms. The Morgan fingerprint density at radius 1 is 1.04 bits per heavy atom. The van der Waals surface area contributed by atoms with E-state index in [0.717, 1.165) is 28.7 Å². The zero-order valence-corrected chi connectivity index (χ0v) is 15.3. The van der Waals surface area contributed by atoms with Gasteiger partial charge in [0.15, 0.2) is 0 Å². The van der Waals surface area contributed by atoms with Gasteiger partial charge in [0.2, 0.25) is 0 Å². The number of carboxylic acids is 1. The maximum atomic E-state index is 12.1. The third kappa shape index (κ3) is 4.22. The molecule has 0 unspecified atom stereocenters. The molecule has 1 heterocycles. The lowest BCUT2D eigenvalue weighted by atomic mass is 9.88. The summed E-state index contributed by atoms with van der Waals surface area (Å²) in [5, 5.41) is 9.89. The summed E-state index contributed by atoms with van der Waals surface area (Å²) in [6.45, 7) is 10.5. The number of carbonyl (C=O) groups is 1. The molecule has 0 aliphatic rings. The Morgan fingerprint density at radius 3 is 2.12 bits per heavy atom. The maximum Gasteiger partial charge on any atom is 0.338 e. The zero-order valence-electron chi connectivity index (χ0n) is 15.3. The van der Waals surface area contributed by atoms with Crippen molar-refractivity contribution in [1.82, 2.24) is 4.98 Å². The lowest BCUT2D eigenvalue weighted by molar-refractivity contribution is 0.0695. The minimum Gasteiger partial charge on any atom is -0.478 e. The van der Waals surface area contributed by atoms with Gasteiger partial charge in [0.05, 0.1) is 11.3 Å². The van der Waals surface area contributed by atoms with E-state index in [4.69, 9.17) is 0 Å². The largest absolute Gasteiger partial charge is 0.478 e. The van der Waals surface area contributed by atoms with Crippen molar-refractivity contribution in [2.75, 3.05) is 0 Å². The second kappa shape index (κ2) is 7.61. The van der Waals surface area contributed by atoms with Crippen molar-refractivity contribution in [2.24, 2.45) is 11.8 Å². The van der Waals surface area contributed by atoms with Crippen LogP contribution in [0, 0.1) is 18.8 Å². The van der Waals surface area contributed by atoms with Crippen molar-refractivity contribution >= 4 is 5.97 Å². The third-order valence-corrected chi connectivity index (χ3v) is 4.02. The number of hydrogen-bond acceptors (Lipinski definition) is 2. The van der Waals surface area contributed by atoms with Crippen molar-refractivity contribution in [2.45, 2.75) is 47.5 Å². The number of nitrogens with zero attached hydrogens (tertiary/aromatic N) is 1. The number of rotatable bonds is 6. The second-order valence-electron chi connectivity index (χ2n) is 7.35. The van der Waals surface area contributed by atoms with Crippen molar-refractivity contribution in [1.29, 1.82) is 0 Å². The van der Waals surface area contributed by atoms with Gasteiger partial charge in [0.1, 0.15) is 0 Å². The molecule has 0 amide bonds. The first-order chi connectivity index (χ1) is 11.3. The van der Waals surface area contributed by atoms with Gasteiger partial charge in [-0.25, -0.2) is 4.79 Å². The van der Waals surface area contributed by atoms with Gasteiger partial charge in [0, 0.05) is 11.8 Å². The number of aromatic nitrogens is 1. The molecule has 0 spiro atoms. The van der Waals surface area contributed by atoms with Crippen LogP contribution in [-0.4, -0.2) is 16.1 Å². The average molecular weight is 325 g/mol. The minimum absolute atomic E-state index is 0.359. The Hall–Kier alpha value is -2.16. The molecule has 0 fully saturated rings. The third-order valence-electron chi connectivity index (χ3n) is 4.02. The van der Waals surface area contributed by atoms with Gasteiger partial charge in [-0.1, -0.05) is 57.5 Å². The molecule has 1 N–H and O–H groups in total. The van der Waals surface area contributed by atoms with E-state index in [-0.39, 0.29) is 0 Å². The molecule has 0 aliphatic heterocycles. The molecule has 24 heavy (non-hydrogen) atoms. The van der Waals surface area contributed by atoms with Crippen molar-refractivity contribution in [3.05, 3.63) is 52.8 Å². The van der Waals surface area contributed by atoms with E-state index in [1.165, 1.54) is 0 Å². The van der Waals surface area contributed by atoms with Gasteiger partial charge in [-0.3, -0.25) is 4.98 Å². The van der Waals surface area contributed by atoms with Gasteiger partial charge < -0.3 is 5.11 Å². The van der Waals surface area contributed by atoms with Crippen molar-refractivity contribution in [3.8, 4) is 11.1 Å². The molecular formula is C21H27NO2. The van der Waals surface area contributed by atoms with Gasteiger partial charge in [-0.2, -0.15) is 0 Å². The standard InChI is InChI=1S/C21H27NO2/c1-13(2)10-17-12-22-18(11-14(3)4)20(21(23)24)19(17)16-8-6-15(5)7-9-16/h6-9,12-14H,10-11H2,1-5H3,(H,23,24). The summed E-state index contributed by atoms with van der Waals surface area (Å²) in [6.07, 6.45) is 3.36. The fourth-order valence-electron chi connectivity index (χ4n) is 3.01. The van der Waals surface area contributed by atoms with Crippen LogP contribution in [0.5, 0.6) is 0 Å². The summed E-state index contributed by atoms with van der Waals surface area (Å²) in [5.74, 6) is -0.0923. The number of hydrogen-bond donors (Lipinski definition) is 1. The summed E-state index contributed by atoms with van der Waals surface area (Å²) < 4.78 is 0. The first-order valence-electron chi connectivity index (χ1n) is 8.60. The molecule has 3 nitrogen and oxygen atoms in total. The highest BCUT2D eigenvalue weighted by atomic mass is 16.4. The van der Waals surface area contributed by atoms with E-state index in [1.807, 2.05) is 37.4 Å². The van der Waals surface area contributed by atoms with Crippen LogP contribution < -0.4 is 0 Å². The molecule has 128 valence electrons. The molecule has 0 bridgehead atoms. The highest BCUT2D eigenvalue weighted by Gasteiger charge is 2.22. The summed E-state index contributed by atoms with van der Waals surface area (Å²) >= 11 is 0. The lowest BCUT2D eigenvalue weighted by Crippen LogP contribution is -2.13. The summed E-state index contributed by atoms with van der Waals surface area (Å²) in [5.41, 5.74) is 5.02. The molecule has 2 aromatic rings. The second-order valence-corrected chi connectivity index (χ2v) is 7.35. The van der Waals surface area contributed by atoms with Crippen LogP contribution in [0.3, 0.4) is 0 Å². The SMILES string of the molecule is Cc1ccc(-c2c(CC(C)C)cnc(CC(C)C)c2C(=O)O)cc1. The fourth-order valence-corrected chi connectivity index (χ4v) is 3.01. The fraction of sp³-hybridized carbons (Fsp3) is 0.429. The van der Waals surface area contributed by atoms with Gasteiger partial charge in [-0.15, -0.1) is 0 Å². The highest BCUT2D eigenvalue weighted by Crippen LogP contribution is 2.32. The Balaban J connectivity index is 2.72. The molecule has 0 saturated heterocycles. The molecule has 0 aliphatic carbocycles. The van der Waals surface area contributed by atoms with Crippen LogP contribution in [0.1, 0.15) is 54.9 Å². The first-order valence-corrected chi connectivity index (χ1v) is 8.60. The summed E-state index contributed by atoms with van der Waals surface area (Å²) in [6, 6.07) is 8.09. The predicted octanol–water partition coefficient (Wildman–Crippen LogP) is 5.15. The maximum absolute atomic E-state index is 12.1. The molecule has 0 atom stereocenters. The number of benzene rings is 1. The summed E-state index contributed by atoms with van der Waals surface area (Å²) in [7, 11) is 0. The Labute approximate surface area is 144 Å². The van der Waals surface area contributed by atoms with Crippen LogP contribution in [-0.2, 0) is 12.8 Å². The van der Waals surface area contributed by atoms with Crippen LogP contribution in [0.4, 0.5) is 0 Å². The topological polar surface area (TPSA) is 50.2 Å². The Kier molecular flexibility index (Phi) is 5.76. The predicted molar refractivity (Wildman–Crippen MR) is 98.5 cm³/mol. The Bertz CT molecular complexity index is 715. The van der Waals surface area contributed by atoms with E-state index in [2.05, 4.69) is 32.7 Å². The average Bonchev–Trinajstić information content (AvgIpc) is 2.48. The number of aromatic carboxylic acids is 1. The van der Waals surface area contributed by atoms with E-state index in [9.17, 15) is 9.90 Å². The quantitative estimate of drug-likeness (QED) is 0.799. The molecular weight excluding hydrogens is 298 g/mol. The minimum atomic E-state index is -0.890. The molecule has 0 radical (unpaired) electrons. The van der Waals surface area contributed by atoms with E-state index in [0.29, 0.717) is 29.5 Å². The number of aryl methyl sites for hydroxylation is 1. The first kappa shape index (κ1) is 18.2. The van der Waals surface area contributed by atoms with Crippen LogP contribution in [0.25, 0.3) is 11.1 Å². The van der Waals surface area contributed by atoms with Crippen LogP contribution in [0.15, 0.2) is 30.5 Å². The van der Waals surface area contributed by atoms with E-state index < -0.39 is 5.97 Å². The van der Waals surface area contributed by atoms with Gasteiger partial charge >= 0.3 is 5.97 Å². The molecule has 2 rings (SSSR count). The Morgan fingerprint density at radius 2 is 1.62 bits per heavy atom. The highest BCUT2D eigenvalue weighted by molar-refractivity contribution is 5.98. The lowest BCUT2D eigenvalue weighted by Gasteiger charge is -2.18.